The van der Waals surface area contributed by atoms with Gasteiger partial charge in [-0.25, -0.2) is 0 Å². The van der Waals surface area contributed by atoms with Crippen molar-refractivity contribution in [1.82, 2.24) is 0 Å². The Morgan fingerprint density at radius 3 is 2.55 bits per heavy atom. The Morgan fingerprint density at radius 1 is 1.20 bits per heavy atom. The first kappa shape index (κ1) is 14.2. The maximum absolute atomic E-state index is 9.24. The molecule has 0 saturated heterocycles. The van der Waals surface area contributed by atoms with Gasteiger partial charge in [-0.3, -0.25) is 5.41 Å². The third kappa shape index (κ3) is 3.89. The number of hydrogen-bond donors (Lipinski definition) is 3. The average molecular weight is 337 g/mol. The summed E-state index contributed by atoms with van der Waals surface area (Å²) in [5.74, 6) is 1.36. The molecule has 0 aliphatic rings. The molecule has 0 atom stereocenters. The molecule has 0 spiro atoms. The second-order valence-corrected chi connectivity index (χ2v) is 4.92. The van der Waals surface area contributed by atoms with Crippen LogP contribution in [0.25, 0.3) is 0 Å². The van der Waals surface area contributed by atoms with E-state index in [1.54, 1.807) is 30.3 Å². The third-order valence-electron chi connectivity index (χ3n) is 2.47. The second kappa shape index (κ2) is 6.29. The average Bonchev–Trinajstić information content (AvgIpc) is 2.41. The van der Waals surface area contributed by atoms with Crippen molar-refractivity contribution in [2.75, 3.05) is 0 Å². The predicted octanol–water partition coefficient (Wildman–Crippen LogP) is 3.36. The standard InChI is InChI=1S/C14H13BrN2O3/c15-10-1-6-13(9(7-10)8-19-14(16)17)20-12-4-2-11(18)3-5-12/h1-7,18H,8H2,(H3,16,17). The summed E-state index contributed by atoms with van der Waals surface area (Å²) in [5, 5.41) is 16.3. The number of benzene rings is 2. The Bertz CT molecular complexity index is 614. The van der Waals surface area contributed by atoms with Crippen molar-refractivity contribution in [2.24, 2.45) is 5.73 Å². The van der Waals surface area contributed by atoms with Crippen molar-refractivity contribution in [3.05, 3.63) is 52.5 Å². The molecule has 2 aromatic carbocycles. The van der Waals surface area contributed by atoms with Crippen LogP contribution < -0.4 is 10.5 Å². The molecule has 0 fully saturated rings. The van der Waals surface area contributed by atoms with Gasteiger partial charge >= 0.3 is 0 Å². The van der Waals surface area contributed by atoms with Gasteiger partial charge in [-0.15, -0.1) is 0 Å². The van der Waals surface area contributed by atoms with Gasteiger partial charge < -0.3 is 20.3 Å². The van der Waals surface area contributed by atoms with Crippen molar-refractivity contribution >= 4 is 22.0 Å². The normalized spacial score (nSPS) is 10.1. The van der Waals surface area contributed by atoms with E-state index >= 15 is 0 Å². The van der Waals surface area contributed by atoms with E-state index < -0.39 is 0 Å². The highest BCUT2D eigenvalue weighted by molar-refractivity contribution is 9.10. The van der Waals surface area contributed by atoms with Gasteiger partial charge in [-0.05, 0) is 42.5 Å². The van der Waals surface area contributed by atoms with E-state index in [1.165, 1.54) is 0 Å². The SMILES string of the molecule is N=C(N)OCc1cc(Br)ccc1Oc1ccc(O)cc1. The van der Waals surface area contributed by atoms with Crippen LogP contribution in [0.15, 0.2) is 46.9 Å². The lowest BCUT2D eigenvalue weighted by Gasteiger charge is -2.12. The molecule has 20 heavy (non-hydrogen) atoms. The molecule has 0 bridgehead atoms. The Kier molecular flexibility index (Phi) is 4.47. The molecular weight excluding hydrogens is 324 g/mol. The van der Waals surface area contributed by atoms with Gasteiger partial charge in [0, 0.05) is 10.0 Å². The lowest BCUT2D eigenvalue weighted by molar-refractivity contribution is 0.279. The highest BCUT2D eigenvalue weighted by atomic mass is 79.9. The summed E-state index contributed by atoms with van der Waals surface area (Å²) in [6, 6.07) is 11.5. The van der Waals surface area contributed by atoms with E-state index in [4.69, 9.17) is 20.6 Å². The molecule has 104 valence electrons. The monoisotopic (exact) mass is 336 g/mol. The third-order valence-corrected chi connectivity index (χ3v) is 2.96. The van der Waals surface area contributed by atoms with Gasteiger partial charge in [-0.2, -0.15) is 0 Å². The fraction of sp³-hybridized carbons (Fsp3) is 0.0714. The van der Waals surface area contributed by atoms with E-state index in [1.807, 2.05) is 12.1 Å². The molecule has 0 aromatic heterocycles. The van der Waals surface area contributed by atoms with Crippen LogP contribution in [0.1, 0.15) is 5.56 Å². The van der Waals surface area contributed by atoms with Gasteiger partial charge in [0.15, 0.2) is 0 Å². The van der Waals surface area contributed by atoms with Gasteiger partial charge in [0.2, 0.25) is 0 Å². The largest absolute Gasteiger partial charge is 0.508 e. The summed E-state index contributed by atoms with van der Waals surface area (Å²) >= 11 is 3.37. The Balaban J connectivity index is 2.21. The van der Waals surface area contributed by atoms with Crippen LogP contribution in [-0.4, -0.2) is 11.1 Å². The zero-order chi connectivity index (χ0) is 14.5. The lowest BCUT2D eigenvalue weighted by atomic mass is 10.2. The maximum atomic E-state index is 9.24. The molecule has 0 heterocycles. The number of phenols is 1. The van der Waals surface area contributed by atoms with Gasteiger partial charge in [0.25, 0.3) is 6.02 Å². The topological polar surface area (TPSA) is 88.6 Å². The first-order chi connectivity index (χ1) is 9.54. The number of amidine groups is 1. The van der Waals surface area contributed by atoms with E-state index in [0.29, 0.717) is 11.5 Å². The van der Waals surface area contributed by atoms with E-state index in [0.717, 1.165) is 10.0 Å². The number of nitrogens with two attached hydrogens (primary N) is 1. The van der Waals surface area contributed by atoms with E-state index in [2.05, 4.69) is 15.9 Å². The molecular formula is C14H13BrN2O3. The van der Waals surface area contributed by atoms with Crippen LogP contribution in [0.4, 0.5) is 0 Å². The highest BCUT2D eigenvalue weighted by Crippen LogP contribution is 2.29. The number of nitrogens with one attached hydrogen (secondary N) is 1. The fourth-order valence-electron chi connectivity index (χ4n) is 1.56. The molecule has 5 nitrogen and oxygen atoms in total. The molecule has 0 saturated carbocycles. The Hall–Kier alpha value is -2.21. The van der Waals surface area contributed by atoms with Gasteiger partial charge in [-0.1, -0.05) is 15.9 Å². The highest BCUT2D eigenvalue weighted by Gasteiger charge is 2.07. The summed E-state index contributed by atoms with van der Waals surface area (Å²) < 4.78 is 11.6. The summed E-state index contributed by atoms with van der Waals surface area (Å²) in [6.45, 7) is 0.141. The molecule has 0 radical (unpaired) electrons. The number of phenolic OH excluding ortho intramolecular Hbond substituents is 1. The molecule has 6 heteroatoms. The van der Waals surface area contributed by atoms with Crippen LogP contribution in [-0.2, 0) is 11.3 Å². The Labute approximate surface area is 124 Å². The first-order valence-corrected chi connectivity index (χ1v) is 6.56. The predicted molar refractivity (Wildman–Crippen MR) is 79.0 cm³/mol. The fourth-order valence-corrected chi connectivity index (χ4v) is 1.97. The van der Waals surface area contributed by atoms with Crippen LogP contribution in [0.5, 0.6) is 17.2 Å². The molecule has 0 amide bonds. The van der Waals surface area contributed by atoms with Crippen molar-refractivity contribution in [1.29, 1.82) is 5.41 Å². The number of hydrogen-bond acceptors (Lipinski definition) is 4. The summed E-state index contributed by atoms with van der Waals surface area (Å²) in [6.07, 6.45) is 0. The van der Waals surface area contributed by atoms with Crippen molar-refractivity contribution in [2.45, 2.75) is 6.61 Å². The molecule has 0 aliphatic heterocycles. The van der Waals surface area contributed by atoms with Crippen molar-refractivity contribution in [3.8, 4) is 17.2 Å². The van der Waals surface area contributed by atoms with E-state index in [9.17, 15) is 5.11 Å². The Morgan fingerprint density at radius 2 is 1.90 bits per heavy atom. The number of rotatable bonds is 4. The summed E-state index contributed by atoms with van der Waals surface area (Å²) in [5.41, 5.74) is 5.93. The minimum Gasteiger partial charge on any atom is -0.508 e. The van der Waals surface area contributed by atoms with Crippen LogP contribution >= 0.6 is 15.9 Å². The van der Waals surface area contributed by atoms with Crippen LogP contribution in [0.2, 0.25) is 0 Å². The molecule has 2 rings (SSSR count). The number of halogens is 1. The van der Waals surface area contributed by atoms with Crippen molar-refractivity contribution in [3.63, 3.8) is 0 Å². The minimum absolute atomic E-state index is 0.141. The zero-order valence-corrected chi connectivity index (χ0v) is 12.1. The van der Waals surface area contributed by atoms with Crippen molar-refractivity contribution < 1.29 is 14.6 Å². The number of ether oxygens (including phenoxy) is 2. The van der Waals surface area contributed by atoms with Gasteiger partial charge in [0.05, 0.1) is 0 Å². The van der Waals surface area contributed by atoms with Crippen LogP contribution in [0.3, 0.4) is 0 Å². The zero-order valence-electron chi connectivity index (χ0n) is 10.5. The van der Waals surface area contributed by atoms with E-state index in [-0.39, 0.29) is 18.4 Å². The molecule has 0 unspecified atom stereocenters. The first-order valence-electron chi connectivity index (χ1n) is 5.77. The lowest BCUT2D eigenvalue weighted by Crippen LogP contribution is -2.14. The van der Waals surface area contributed by atoms with Gasteiger partial charge in [0.1, 0.15) is 23.9 Å². The quantitative estimate of drug-likeness (QED) is 0.590. The minimum atomic E-state index is -0.347. The smallest absolute Gasteiger partial charge is 0.279 e. The summed E-state index contributed by atoms with van der Waals surface area (Å²) in [7, 11) is 0. The molecule has 2 aromatic rings. The summed E-state index contributed by atoms with van der Waals surface area (Å²) in [4.78, 5) is 0. The molecule has 4 N–H and O–H groups in total. The maximum Gasteiger partial charge on any atom is 0.279 e. The van der Waals surface area contributed by atoms with Crippen LogP contribution in [0, 0.1) is 5.41 Å². The molecule has 0 aliphatic carbocycles. The number of aromatic hydroxyl groups is 1. The second-order valence-electron chi connectivity index (χ2n) is 4.00.